The number of carbonyl (C=O) groups is 1. The number of benzene rings is 5. The predicted octanol–water partition coefficient (Wildman–Crippen LogP) is 6.83. The highest BCUT2D eigenvalue weighted by atomic mass is 32.2. The lowest BCUT2D eigenvalue weighted by molar-refractivity contribution is 0.0955. The molecule has 0 saturated carbocycles. The van der Waals surface area contributed by atoms with Gasteiger partial charge >= 0.3 is 0 Å². The van der Waals surface area contributed by atoms with Gasteiger partial charge in [0.15, 0.2) is 11.5 Å². The molecule has 0 heterocycles. The summed E-state index contributed by atoms with van der Waals surface area (Å²) in [7, 11) is -2.59. The molecule has 0 atom stereocenters. The number of ether oxygens (including phenoxy) is 3. The standard InChI is InChI=1S/C37H35N3O6S/c1-3-45-36-24-30(18-23-35(36)46-27-29-14-8-5-9-15-29)25-38-39-37(41)33-16-10-11-17-34(33)40(26-28-12-6-4-7-13-28)47(42,43)32-21-19-31(44-2)20-22-32/h4-25H,3,26-27H2,1-2H3,(H,39,41)/b38-25-. The molecule has 1 amide bonds. The molecule has 47 heavy (non-hydrogen) atoms. The van der Waals surface area contributed by atoms with Crippen molar-refractivity contribution in [2.45, 2.75) is 25.0 Å². The number of para-hydroxylation sites is 1. The second-order valence-electron chi connectivity index (χ2n) is 10.3. The van der Waals surface area contributed by atoms with Crippen LogP contribution in [0.2, 0.25) is 0 Å². The van der Waals surface area contributed by atoms with Crippen molar-refractivity contribution in [2.24, 2.45) is 5.10 Å². The van der Waals surface area contributed by atoms with Crippen molar-refractivity contribution in [3.05, 3.63) is 150 Å². The normalized spacial score (nSPS) is 11.2. The SMILES string of the molecule is CCOc1cc(/C=N\NC(=O)c2ccccc2N(Cc2ccccc2)S(=O)(=O)c2ccc(OC)cc2)ccc1OCc1ccccc1. The van der Waals surface area contributed by atoms with E-state index in [1.54, 1.807) is 54.6 Å². The van der Waals surface area contributed by atoms with Crippen LogP contribution in [-0.2, 0) is 23.2 Å². The Morgan fingerprint density at radius 2 is 1.45 bits per heavy atom. The van der Waals surface area contributed by atoms with Gasteiger partial charge in [-0.2, -0.15) is 5.10 Å². The molecule has 240 valence electrons. The fraction of sp³-hybridized carbons (Fsp3) is 0.135. The summed E-state index contributed by atoms with van der Waals surface area (Å²) >= 11 is 0. The molecule has 0 radical (unpaired) electrons. The third kappa shape index (κ3) is 8.36. The van der Waals surface area contributed by atoms with Crippen molar-refractivity contribution in [3.63, 3.8) is 0 Å². The fourth-order valence-electron chi connectivity index (χ4n) is 4.76. The maximum atomic E-state index is 14.1. The number of nitrogens with zero attached hydrogens (tertiary/aromatic N) is 2. The number of hydrogen-bond donors (Lipinski definition) is 1. The first-order chi connectivity index (χ1) is 22.9. The minimum absolute atomic E-state index is 0.00165. The van der Waals surface area contributed by atoms with Crippen LogP contribution in [-0.4, -0.2) is 34.3 Å². The average molecular weight is 650 g/mol. The summed E-state index contributed by atoms with van der Waals surface area (Å²) in [6.45, 7) is 2.71. The zero-order valence-electron chi connectivity index (χ0n) is 26.1. The number of methoxy groups -OCH3 is 1. The minimum atomic E-state index is -4.10. The van der Waals surface area contributed by atoms with E-state index >= 15 is 0 Å². The van der Waals surface area contributed by atoms with Gasteiger partial charge in [-0.3, -0.25) is 9.10 Å². The molecule has 5 aromatic carbocycles. The van der Waals surface area contributed by atoms with Gasteiger partial charge in [0.2, 0.25) is 0 Å². The van der Waals surface area contributed by atoms with Crippen LogP contribution >= 0.6 is 0 Å². The molecule has 0 aliphatic rings. The van der Waals surface area contributed by atoms with Crippen molar-refractivity contribution < 1.29 is 27.4 Å². The quantitative estimate of drug-likeness (QED) is 0.104. The van der Waals surface area contributed by atoms with Crippen LogP contribution < -0.4 is 23.9 Å². The number of nitrogens with one attached hydrogen (secondary N) is 1. The average Bonchev–Trinajstić information content (AvgIpc) is 3.11. The van der Waals surface area contributed by atoms with E-state index in [0.29, 0.717) is 36.0 Å². The van der Waals surface area contributed by atoms with Crippen LogP contribution in [0.15, 0.2) is 137 Å². The lowest BCUT2D eigenvalue weighted by atomic mass is 10.1. The first-order valence-electron chi connectivity index (χ1n) is 15.0. The van der Waals surface area contributed by atoms with Gasteiger partial charge in [-0.25, -0.2) is 13.8 Å². The Morgan fingerprint density at radius 1 is 0.787 bits per heavy atom. The van der Waals surface area contributed by atoms with E-state index in [-0.39, 0.29) is 22.7 Å². The number of amides is 1. The number of hydrazone groups is 1. The van der Waals surface area contributed by atoms with Crippen LogP contribution in [0.3, 0.4) is 0 Å². The number of anilines is 1. The van der Waals surface area contributed by atoms with Gasteiger partial charge in [0.05, 0.1) is 42.6 Å². The van der Waals surface area contributed by atoms with Gasteiger partial charge in [-0.1, -0.05) is 72.8 Å². The van der Waals surface area contributed by atoms with E-state index in [2.05, 4.69) is 10.5 Å². The van der Waals surface area contributed by atoms with Crippen molar-refractivity contribution in [2.75, 3.05) is 18.0 Å². The van der Waals surface area contributed by atoms with E-state index in [1.807, 2.05) is 67.6 Å². The van der Waals surface area contributed by atoms with Crippen molar-refractivity contribution >= 4 is 27.8 Å². The summed E-state index contributed by atoms with van der Waals surface area (Å²) < 4.78 is 46.3. The molecule has 5 rings (SSSR count). The topological polar surface area (TPSA) is 107 Å². The summed E-state index contributed by atoms with van der Waals surface area (Å²) in [5.74, 6) is 1.08. The Labute approximate surface area is 275 Å². The Bertz CT molecular complexity index is 1920. The molecule has 0 bridgehead atoms. The van der Waals surface area contributed by atoms with E-state index < -0.39 is 15.9 Å². The van der Waals surface area contributed by atoms with E-state index in [4.69, 9.17) is 14.2 Å². The van der Waals surface area contributed by atoms with Gasteiger partial charge in [-0.05, 0) is 78.2 Å². The highest BCUT2D eigenvalue weighted by Gasteiger charge is 2.28. The molecule has 0 saturated heterocycles. The molecule has 5 aromatic rings. The zero-order valence-corrected chi connectivity index (χ0v) is 26.9. The number of carbonyl (C=O) groups excluding carboxylic acids is 1. The number of rotatable bonds is 14. The summed E-state index contributed by atoms with van der Waals surface area (Å²) in [5.41, 5.74) is 5.34. The molecular weight excluding hydrogens is 614 g/mol. The third-order valence-corrected chi connectivity index (χ3v) is 8.89. The molecule has 10 heteroatoms. The molecule has 1 N–H and O–H groups in total. The first-order valence-corrected chi connectivity index (χ1v) is 16.4. The summed E-state index contributed by atoms with van der Waals surface area (Å²) in [6.07, 6.45) is 1.49. The monoisotopic (exact) mass is 649 g/mol. The minimum Gasteiger partial charge on any atom is -0.497 e. The van der Waals surface area contributed by atoms with Crippen LogP contribution in [0.5, 0.6) is 17.2 Å². The highest BCUT2D eigenvalue weighted by Crippen LogP contribution is 2.31. The molecule has 0 aromatic heterocycles. The Balaban J connectivity index is 1.38. The Kier molecular flexibility index (Phi) is 10.9. The molecule has 0 aliphatic heterocycles. The van der Waals surface area contributed by atoms with Crippen LogP contribution in [0.25, 0.3) is 0 Å². The molecule has 0 spiro atoms. The Morgan fingerprint density at radius 3 is 2.13 bits per heavy atom. The summed E-state index contributed by atoms with van der Waals surface area (Å²) in [4.78, 5) is 13.6. The van der Waals surface area contributed by atoms with Crippen molar-refractivity contribution in [3.8, 4) is 17.2 Å². The van der Waals surface area contributed by atoms with Crippen molar-refractivity contribution in [1.29, 1.82) is 0 Å². The third-order valence-electron chi connectivity index (χ3n) is 7.12. The highest BCUT2D eigenvalue weighted by molar-refractivity contribution is 7.92. The number of hydrogen-bond acceptors (Lipinski definition) is 7. The van der Waals surface area contributed by atoms with E-state index in [1.165, 1.54) is 29.8 Å². The fourth-order valence-corrected chi connectivity index (χ4v) is 6.23. The summed E-state index contributed by atoms with van der Waals surface area (Å²) in [5, 5.41) is 4.16. The smallest absolute Gasteiger partial charge is 0.273 e. The lowest BCUT2D eigenvalue weighted by Crippen LogP contribution is -2.33. The maximum Gasteiger partial charge on any atom is 0.273 e. The maximum absolute atomic E-state index is 14.1. The van der Waals surface area contributed by atoms with Gasteiger partial charge in [0.1, 0.15) is 12.4 Å². The van der Waals surface area contributed by atoms with E-state index in [9.17, 15) is 13.2 Å². The largest absolute Gasteiger partial charge is 0.497 e. The Hall–Kier alpha value is -5.61. The first kappa shape index (κ1) is 32.8. The predicted molar refractivity (Wildman–Crippen MR) is 183 cm³/mol. The molecule has 0 fully saturated rings. The molecule has 9 nitrogen and oxygen atoms in total. The summed E-state index contributed by atoms with van der Waals surface area (Å²) in [6, 6.07) is 37.0. The second kappa shape index (κ2) is 15.6. The zero-order chi connectivity index (χ0) is 33.1. The van der Waals surface area contributed by atoms with Gasteiger partial charge in [0.25, 0.3) is 15.9 Å². The van der Waals surface area contributed by atoms with Crippen LogP contribution in [0, 0.1) is 0 Å². The van der Waals surface area contributed by atoms with Crippen molar-refractivity contribution in [1.82, 2.24) is 5.43 Å². The molecule has 0 aliphatic carbocycles. The van der Waals surface area contributed by atoms with Gasteiger partial charge < -0.3 is 14.2 Å². The lowest BCUT2D eigenvalue weighted by Gasteiger charge is -2.26. The molecular formula is C37H35N3O6S. The van der Waals surface area contributed by atoms with Crippen LogP contribution in [0.1, 0.15) is 34.0 Å². The molecule has 0 unspecified atom stereocenters. The number of sulfonamides is 1. The van der Waals surface area contributed by atoms with Gasteiger partial charge in [-0.15, -0.1) is 0 Å². The second-order valence-corrected chi connectivity index (χ2v) is 12.2. The van der Waals surface area contributed by atoms with Crippen LogP contribution in [0.4, 0.5) is 5.69 Å². The van der Waals surface area contributed by atoms with Gasteiger partial charge in [0, 0.05) is 0 Å². The van der Waals surface area contributed by atoms with E-state index in [0.717, 1.165) is 11.1 Å².